The van der Waals surface area contributed by atoms with E-state index in [1.54, 1.807) is 54.6 Å². The molecule has 0 atom stereocenters. The molecule has 0 fully saturated rings. The summed E-state index contributed by atoms with van der Waals surface area (Å²) in [6.07, 6.45) is 3.22. The van der Waals surface area contributed by atoms with Crippen LogP contribution in [0.4, 0.5) is 0 Å². The molecule has 0 amide bonds. The van der Waals surface area contributed by atoms with Gasteiger partial charge in [0.05, 0.1) is 5.56 Å². The van der Waals surface area contributed by atoms with E-state index in [1.165, 1.54) is 6.08 Å². The molecular weight excluding hydrogens is 360 g/mol. The maximum absolute atomic E-state index is 12.3. The van der Waals surface area contributed by atoms with E-state index in [4.69, 9.17) is 16.3 Å². The number of aryl methyl sites for hydroxylation is 1. The molecule has 3 nitrogen and oxygen atoms in total. The fourth-order valence-corrected chi connectivity index (χ4v) is 2.51. The SMILES string of the molecule is Cc1ccc(C(=O)Oc2ccc(C(=O)/C=C/c3ccc(Cl)cc3)cc2)cc1. The minimum Gasteiger partial charge on any atom is -0.423 e. The molecule has 0 saturated heterocycles. The van der Waals surface area contributed by atoms with Crippen LogP contribution in [0.2, 0.25) is 5.02 Å². The average Bonchev–Trinajstić information content (AvgIpc) is 2.68. The Kier molecular flexibility index (Phi) is 5.84. The first-order valence-corrected chi connectivity index (χ1v) is 8.76. The summed E-state index contributed by atoms with van der Waals surface area (Å²) >= 11 is 5.84. The molecule has 3 aromatic carbocycles. The Balaban J connectivity index is 1.64. The van der Waals surface area contributed by atoms with Crippen LogP contribution in [-0.4, -0.2) is 11.8 Å². The molecule has 0 bridgehead atoms. The van der Waals surface area contributed by atoms with Gasteiger partial charge in [-0.2, -0.15) is 0 Å². The van der Waals surface area contributed by atoms with Gasteiger partial charge < -0.3 is 4.74 Å². The van der Waals surface area contributed by atoms with Gasteiger partial charge in [-0.1, -0.05) is 47.5 Å². The maximum atomic E-state index is 12.3. The van der Waals surface area contributed by atoms with Gasteiger partial charge in [0.15, 0.2) is 5.78 Å². The van der Waals surface area contributed by atoms with E-state index in [2.05, 4.69) is 0 Å². The fourth-order valence-electron chi connectivity index (χ4n) is 2.38. The smallest absolute Gasteiger partial charge is 0.343 e. The van der Waals surface area contributed by atoms with Crippen LogP contribution in [0.3, 0.4) is 0 Å². The van der Waals surface area contributed by atoms with Gasteiger partial charge in [-0.25, -0.2) is 4.79 Å². The number of ketones is 1. The second-order valence-corrected chi connectivity index (χ2v) is 6.47. The van der Waals surface area contributed by atoms with E-state index in [-0.39, 0.29) is 5.78 Å². The molecule has 134 valence electrons. The van der Waals surface area contributed by atoms with Gasteiger partial charge in [0.2, 0.25) is 0 Å². The van der Waals surface area contributed by atoms with Gasteiger partial charge in [-0.15, -0.1) is 0 Å². The van der Waals surface area contributed by atoms with Crippen molar-refractivity contribution in [3.63, 3.8) is 0 Å². The minimum atomic E-state index is -0.434. The highest BCUT2D eigenvalue weighted by Gasteiger charge is 2.09. The lowest BCUT2D eigenvalue weighted by Crippen LogP contribution is -2.08. The summed E-state index contributed by atoms with van der Waals surface area (Å²) in [5.74, 6) is -0.183. The molecule has 3 aromatic rings. The van der Waals surface area contributed by atoms with Crippen LogP contribution in [-0.2, 0) is 0 Å². The van der Waals surface area contributed by atoms with E-state index >= 15 is 0 Å². The highest BCUT2D eigenvalue weighted by molar-refractivity contribution is 6.30. The van der Waals surface area contributed by atoms with Crippen molar-refractivity contribution >= 4 is 29.4 Å². The van der Waals surface area contributed by atoms with Crippen LogP contribution in [0.25, 0.3) is 6.08 Å². The van der Waals surface area contributed by atoms with Gasteiger partial charge >= 0.3 is 5.97 Å². The number of carbonyl (C=O) groups excluding carboxylic acids is 2. The maximum Gasteiger partial charge on any atom is 0.343 e. The third-order valence-electron chi connectivity index (χ3n) is 3.93. The summed E-state index contributed by atoms with van der Waals surface area (Å²) < 4.78 is 5.33. The normalized spacial score (nSPS) is 10.7. The summed E-state index contributed by atoms with van der Waals surface area (Å²) in [6, 6.07) is 20.8. The summed E-state index contributed by atoms with van der Waals surface area (Å²) in [6.45, 7) is 1.95. The van der Waals surface area contributed by atoms with Crippen molar-refractivity contribution in [2.45, 2.75) is 6.92 Å². The van der Waals surface area contributed by atoms with E-state index in [0.29, 0.717) is 21.9 Å². The van der Waals surface area contributed by atoms with Crippen molar-refractivity contribution in [2.24, 2.45) is 0 Å². The zero-order valence-corrected chi connectivity index (χ0v) is 15.4. The molecule has 0 heterocycles. The first-order chi connectivity index (χ1) is 13.0. The van der Waals surface area contributed by atoms with Crippen molar-refractivity contribution in [3.8, 4) is 5.75 Å². The van der Waals surface area contributed by atoms with Crippen LogP contribution < -0.4 is 4.74 Å². The quantitative estimate of drug-likeness (QED) is 0.246. The Morgan fingerprint density at radius 3 is 2.04 bits per heavy atom. The minimum absolute atomic E-state index is 0.138. The number of rotatable bonds is 5. The van der Waals surface area contributed by atoms with Crippen LogP contribution in [0, 0.1) is 6.92 Å². The third kappa shape index (κ3) is 5.16. The predicted octanol–water partition coefficient (Wildman–Crippen LogP) is 5.76. The van der Waals surface area contributed by atoms with Gasteiger partial charge in [-0.3, -0.25) is 4.79 Å². The fraction of sp³-hybridized carbons (Fsp3) is 0.0435. The Bertz CT molecular complexity index is 970. The number of allylic oxidation sites excluding steroid dienone is 1. The van der Waals surface area contributed by atoms with Crippen LogP contribution in [0.5, 0.6) is 5.75 Å². The van der Waals surface area contributed by atoms with Gasteiger partial charge in [0, 0.05) is 10.6 Å². The molecule has 4 heteroatoms. The Labute approximate surface area is 162 Å². The largest absolute Gasteiger partial charge is 0.423 e. The zero-order chi connectivity index (χ0) is 19.2. The summed E-state index contributed by atoms with van der Waals surface area (Å²) in [5.41, 5.74) is 2.94. The lowest BCUT2D eigenvalue weighted by molar-refractivity contribution is 0.0734. The number of halogens is 1. The first-order valence-electron chi connectivity index (χ1n) is 8.38. The van der Waals surface area contributed by atoms with Crippen LogP contribution in [0.15, 0.2) is 78.9 Å². The highest BCUT2D eigenvalue weighted by Crippen LogP contribution is 2.16. The zero-order valence-electron chi connectivity index (χ0n) is 14.7. The molecule has 0 aliphatic heterocycles. The predicted molar refractivity (Wildman–Crippen MR) is 107 cm³/mol. The molecular formula is C23H17ClO3. The van der Waals surface area contributed by atoms with Crippen LogP contribution in [0.1, 0.15) is 31.8 Å². The second kappa shape index (κ2) is 8.47. The van der Waals surface area contributed by atoms with E-state index < -0.39 is 5.97 Å². The number of benzene rings is 3. The molecule has 3 rings (SSSR count). The van der Waals surface area contributed by atoms with Crippen molar-refractivity contribution < 1.29 is 14.3 Å². The third-order valence-corrected chi connectivity index (χ3v) is 4.19. The van der Waals surface area contributed by atoms with Gasteiger partial charge in [-0.05, 0) is 67.1 Å². The molecule has 0 saturated carbocycles. The Morgan fingerprint density at radius 2 is 1.41 bits per heavy atom. The molecule has 0 aliphatic rings. The Morgan fingerprint density at radius 1 is 0.815 bits per heavy atom. The first kappa shape index (κ1) is 18.6. The number of ether oxygens (including phenoxy) is 1. The lowest BCUT2D eigenvalue weighted by Gasteiger charge is -2.05. The van der Waals surface area contributed by atoms with Crippen molar-refractivity contribution in [1.82, 2.24) is 0 Å². The van der Waals surface area contributed by atoms with Gasteiger partial charge in [0.1, 0.15) is 5.75 Å². The monoisotopic (exact) mass is 376 g/mol. The number of esters is 1. The second-order valence-electron chi connectivity index (χ2n) is 6.03. The topological polar surface area (TPSA) is 43.4 Å². The molecule has 27 heavy (non-hydrogen) atoms. The van der Waals surface area contributed by atoms with Crippen molar-refractivity contribution in [1.29, 1.82) is 0 Å². The average molecular weight is 377 g/mol. The van der Waals surface area contributed by atoms with E-state index in [9.17, 15) is 9.59 Å². The number of hydrogen-bond donors (Lipinski definition) is 0. The molecule has 0 N–H and O–H groups in total. The van der Waals surface area contributed by atoms with E-state index in [1.807, 2.05) is 31.2 Å². The van der Waals surface area contributed by atoms with Crippen LogP contribution >= 0.6 is 11.6 Å². The molecule has 0 aliphatic carbocycles. The molecule has 0 unspecified atom stereocenters. The Hall–Kier alpha value is -3.17. The van der Waals surface area contributed by atoms with E-state index in [0.717, 1.165) is 11.1 Å². The summed E-state index contributed by atoms with van der Waals surface area (Å²) in [5, 5.41) is 0.647. The van der Waals surface area contributed by atoms with Crippen molar-refractivity contribution in [3.05, 3.63) is 106 Å². The molecule has 0 spiro atoms. The van der Waals surface area contributed by atoms with Crippen molar-refractivity contribution in [2.75, 3.05) is 0 Å². The lowest BCUT2D eigenvalue weighted by atomic mass is 10.1. The summed E-state index contributed by atoms with van der Waals surface area (Å²) in [7, 11) is 0. The van der Waals surface area contributed by atoms with Gasteiger partial charge in [0.25, 0.3) is 0 Å². The summed E-state index contributed by atoms with van der Waals surface area (Å²) in [4.78, 5) is 24.4. The number of hydrogen-bond acceptors (Lipinski definition) is 3. The number of carbonyl (C=O) groups is 2. The molecule has 0 aromatic heterocycles. The molecule has 0 radical (unpaired) electrons. The highest BCUT2D eigenvalue weighted by atomic mass is 35.5. The standard InChI is InChI=1S/C23H17ClO3/c1-16-2-7-19(8-3-16)23(26)27-21-13-9-18(10-14-21)22(25)15-6-17-4-11-20(24)12-5-17/h2-15H,1H3/b15-6+.